The molecule has 0 fully saturated rings. The summed E-state index contributed by atoms with van der Waals surface area (Å²) in [4.78, 5) is 25.9. The number of nitrogens with zero attached hydrogens (tertiary/aromatic N) is 7. The average molecular weight is 404 g/mol. The number of carbonyl (C=O) groups is 1. The molecule has 4 aromatic rings. The van der Waals surface area contributed by atoms with E-state index in [-0.39, 0.29) is 30.2 Å². The van der Waals surface area contributed by atoms with Gasteiger partial charge in [0.2, 0.25) is 0 Å². The second-order valence-electron chi connectivity index (χ2n) is 6.70. The molecular formula is C20H20N8O2. The van der Waals surface area contributed by atoms with E-state index in [9.17, 15) is 9.59 Å². The molecule has 0 radical (unpaired) electrons. The molecule has 0 unspecified atom stereocenters. The van der Waals surface area contributed by atoms with Crippen LogP contribution in [0.2, 0.25) is 0 Å². The van der Waals surface area contributed by atoms with Gasteiger partial charge in [-0.3, -0.25) is 9.59 Å². The van der Waals surface area contributed by atoms with Gasteiger partial charge in [-0.15, -0.1) is 10.2 Å². The summed E-state index contributed by atoms with van der Waals surface area (Å²) in [6, 6.07) is 14.3. The van der Waals surface area contributed by atoms with Gasteiger partial charge in [0.1, 0.15) is 0 Å². The van der Waals surface area contributed by atoms with E-state index in [0.717, 1.165) is 17.1 Å². The smallest absolute Gasteiger partial charge is 0.273 e. The van der Waals surface area contributed by atoms with Crippen molar-refractivity contribution < 1.29 is 4.79 Å². The van der Waals surface area contributed by atoms with Crippen LogP contribution in [-0.2, 0) is 6.54 Å². The van der Waals surface area contributed by atoms with Gasteiger partial charge in [-0.2, -0.15) is 15.0 Å². The molecule has 0 saturated heterocycles. The van der Waals surface area contributed by atoms with Gasteiger partial charge in [-0.1, -0.05) is 18.2 Å². The molecule has 0 bridgehead atoms. The van der Waals surface area contributed by atoms with Gasteiger partial charge in [0, 0.05) is 18.3 Å². The van der Waals surface area contributed by atoms with Crippen molar-refractivity contribution in [2.24, 2.45) is 0 Å². The fourth-order valence-electron chi connectivity index (χ4n) is 2.99. The second kappa shape index (κ2) is 8.11. The van der Waals surface area contributed by atoms with Gasteiger partial charge < -0.3 is 5.32 Å². The van der Waals surface area contributed by atoms with E-state index in [4.69, 9.17) is 0 Å². The summed E-state index contributed by atoms with van der Waals surface area (Å²) in [7, 11) is 0. The van der Waals surface area contributed by atoms with Gasteiger partial charge >= 0.3 is 0 Å². The summed E-state index contributed by atoms with van der Waals surface area (Å²) in [5.74, 6) is 0.164. The van der Waals surface area contributed by atoms with Crippen LogP contribution in [0.4, 0.5) is 0 Å². The van der Waals surface area contributed by atoms with Crippen molar-refractivity contribution in [3.05, 3.63) is 82.2 Å². The number of carbonyl (C=O) groups excluding carboxylic acids is 1. The fourth-order valence-corrected chi connectivity index (χ4v) is 2.99. The van der Waals surface area contributed by atoms with Crippen molar-refractivity contribution in [1.29, 1.82) is 0 Å². The number of rotatable bonds is 6. The molecule has 30 heavy (non-hydrogen) atoms. The molecule has 0 aliphatic heterocycles. The van der Waals surface area contributed by atoms with Crippen LogP contribution in [0.5, 0.6) is 0 Å². The number of benzene rings is 1. The van der Waals surface area contributed by atoms with Crippen LogP contribution in [0, 0.1) is 13.8 Å². The Labute approximate surface area is 171 Å². The highest BCUT2D eigenvalue weighted by Crippen LogP contribution is 2.08. The Kier molecular flexibility index (Phi) is 5.21. The van der Waals surface area contributed by atoms with Crippen LogP contribution in [0.3, 0.4) is 0 Å². The molecule has 10 heteroatoms. The van der Waals surface area contributed by atoms with Crippen LogP contribution >= 0.6 is 0 Å². The lowest BCUT2D eigenvalue weighted by Crippen LogP contribution is -2.32. The third kappa shape index (κ3) is 4.02. The minimum absolute atomic E-state index is 0.190. The van der Waals surface area contributed by atoms with E-state index < -0.39 is 0 Å². The van der Waals surface area contributed by atoms with E-state index in [0.29, 0.717) is 5.82 Å². The van der Waals surface area contributed by atoms with E-state index in [1.54, 1.807) is 10.7 Å². The maximum atomic E-state index is 12.4. The Morgan fingerprint density at radius 2 is 1.83 bits per heavy atom. The molecule has 4 rings (SSSR count). The molecule has 1 amide bonds. The third-order valence-electron chi connectivity index (χ3n) is 4.40. The molecule has 0 spiro atoms. The summed E-state index contributed by atoms with van der Waals surface area (Å²) in [5, 5.41) is 19.8. The first-order valence-corrected chi connectivity index (χ1v) is 9.39. The average Bonchev–Trinajstić information content (AvgIpc) is 3.36. The lowest BCUT2D eigenvalue weighted by molar-refractivity contribution is 0.0946. The number of aromatic nitrogens is 7. The van der Waals surface area contributed by atoms with Crippen molar-refractivity contribution in [1.82, 2.24) is 39.9 Å². The Morgan fingerprint density at radius 1 is 1.03 bits per heavy atom. The number of amides is 1. The minimum atomic E-state index is -0.375. The SMILES string of the molecule is Cc1cc(C)n(-c2ccc(=O)n(CCNC(=O)c3cnn(-c4ccccc4)n3)n2)n1. The maximum absolute atomic E-state index is 12.4. The Balaban J connectivity index is 1.41. The normalized spacial score (nSPS) is 10.9. The first-order chi connectivity index (χ1) is 14.5. The summed E-state index contributed by atoms with van der Waals surface area (Å²) < 4.78 is 2.97. The zero-order valence-corrected chi connectivity index (χ0v) is 16.6. The van der Waals surface area contributed by atoms with Crippen molar-refractivity contribution >= 4 is 5.91 Å². The number of hydrogen-bond donors (Lipinski definition) is 1. The highest BCUT2D eigenvalue weighted by molar-refractivity contribution is 5.91. The molecule has 152 valence electrons. The van der Waals surface area contributed by atoms with E-state index >= 15 is 0 Å². The highest BCUT2D eigenvalue weighted by atomic mass is 16.2. The van der Waals surface area contributed by atoms with Crippen LogP contribution in [0.15, 0.2) is 59.5 Å². The zero-order valence-electron chi connectivity index (χ0n) is 16.6. The molecule has 3 heterocycles. The zero-order chi connectivity index (χ0) is 21.1. The fraction of sp³-hybridized carbons (Fsp3) is 0.200. The van der Waals surface area contributed by atoms with Gasteiger partial charge in [-0.25, -0.2) is 9.36 Å². The molecular weight excluding hydrogens is 384 g/mol. The molecule has 0 aliphatic carbocycles. The number of hydrogen-bond acceptors (Lipinski definition) is 6. The summed E-state index contributed by atoms with van der Waals surface area (Å²) >= 11 is 0. The molecule has 1 N–H and O–H groups in total. The van der Waals surface area contributed by atoms with Crippen molar-refractivity contribution in [3.63, 3.8) is 0 Å². The number of aryl methyl sites for hydroxylation is 2. The van der Waals surface area contributed by atoms with Gasteiger partial charge in [0.25, 0.3) is 11.5 Å². The molecule has 10 nitrogen and oxygen atoms in total. The summed E-state index contributed by atoms with van der Waals surface area (Å²) in [6.45, 7) is 4.23. The molecule has 0 atom stereocenters. The highest BCUT2D eigenvalue weighted by Gasteiger charge is 2.12. The Bertz CT molecular complexity index is 1240. The summed E-state index contributed by atoms with van der Waals surface area (Å²) in [5.41, 5.74) is 2.47. The van der Waals surface area contributed by atoms with Crippen LogP contribution in [0.1, 0.15) is 21.9 Å². The predicted octanol–water partition coefficient (Wildman–Crippen LogP) is 1.06. The van der Waals surface area contributed by atoms with E-state index in [2.05, 4.69) is 25.7 Å². The molecule has 0 saturated carbocycles. The number of nitrogens with one attached hydrogen (secondary N) is 1. The predicted molar refractivity (Wildman–Crippen MR) is 109 cm³/mol. The van der Waals surface area contributed by atoms with Gasteiger partial charge in [0.05, 0.1) is 24.1 Å². The number of para-hydroxylation sites is 1. The van der Waals surface area contributed by atoms with Crippen LogP contribution < -0.4 is 10.9 Å². The largest absolute Gasteiger partial charge is 0.349 e. The molecule has 3 aromatic heterocycles. The van der Waals surface area contributed by atoms with E-state index in [1.165, 1.54) is 21.7 Å². The Morgan fingerprint density at radius 3 is 2.57 bits per heavy atom. The van der Waals surface area contributed by atoms with Crippen molar-refractivity contribution in [2.45, 2.75) is 20.4 Å². The van der Waals surface area contributed by atoms with Gasteiger partial charge in [-0.05, 0) is 38.1 Å². The molecule has 1 aromatic carbocycles. The quantitative estimate of drug-likeness (QED) is 0.514. The Hall–Kier alpha value is -4.08. The lowest BCUT2D eigenvalue weighted by atomic mass is 10.3. The standard InChI is InChI=1S/C20H20N8O2/c1-14-12-15(2)27(23-14)18-8-9-19(29)26(25-18)11-10-21-20(30)17-13-22-28(24-17)16-6-4-3-5-7-16/h3-9,12-13H,10-11H2,1-2H3,(H,21,30). The minimum Gasteiger partial charge on any atom is -0.349 e. The van der Waals surface area contributed by atoms with Crippen molar-refractivity contribution in [3.8, 4) is 11.5 Å². The first-order valence-electron chi connectivity index (χ1n) is 9.39. The maximum Gasteiger partial charge on any atom is 0.273 e. The second-order valence-corrected chi connectivity index (χ2v) is 6.70. The monoisotopic (exact) mass is 404 g/mol. The molecule has 0 aliphatic rings. The lowest BCUT2D eigenvalue weighted by Gasteiger charge is -2.08. The van der Waals surface area contributed by atoms with Gasteiger partial charge in [0.15, 0.2) is 11.5 Å². The van der Waals surface area contributed by atoms with Crippen LogP contribution in [-0.4, -0.2) is 47.0 Å². The topological polar surface area (TPSA) is 113 Å². The van der Waals surface area contributed by atoms with Crippen molar-refractivity contribution in [2.75, 3.05) is 6.54 Å². The van der Waals surface area contributed by atoms with E-state index in [1.807, 2.05) is 50.2 Å². The van der Waals surface area contributed by atoms with Crippen LogP contribution in [0.25, 0.3) is 11.5 Å². The summed E-state index contributed by atoms with van der Waals surface area (Å²) in [6.07, 6.45) is 1.40. The third-order valence-corrected chi connectivity index (χ3v) is 4.40. The first kappa shape index (κ1) is 19.2.